The fourth-order valence-corrected chi connectivity index (χ4v) is 2.95. The molecule has 6 nitrogen and oxygen atoms in total. The summed E-state index contributed by atoms with van der Waals surface area (Å²) in [5.74, 6) is -1.66. The van der Waals surface area contributed by atoms with E-state index < -0.39 is 11.9 Å². The summed E-state index contributed by atoms with van der Waals surface area (Å²) in [5, 5.41) is 9.52. The van der Waals surface area contributed by atoms with Crippen LogP contribution in [0.4, 0.5) is 0 Å². The average Bonchev–Trinajstić information content (AvgIpc) is 2.61. The zero-order chi connectivity index (χ0) is 17.1. The number of benzene rings is 1. The Morgan fingerprint density at radius 2 is 2.08 bits per heavy atom. The lowest BCUT2D eigenvalue weighted by Gasteiger charge is -2.33. The number of amides is 1. The number of fused-ring (bicyclic) bond motifs is 1. The molecule has 0 saturated heterocycles. The van der Waals surface area contributed by atoms with Gasteiger partial charge < -0.3 is 14.7 Å². The number of nitrogens with zero attached hydrogens (tertiary/aromatic N) is 2. The standard InChI is InChI=1S/C18H18N2O4/c1-2-24-16-14(8-5-9-19-16)17(21)20-10-12-6-3-4-7-13(12)15(11-20)18(22)23/h3-9,15H,2,10-11H2,1H3,(H,22,23). The van der Waals surface area contributed by atoms with Crippen LogP contribution < -0.4 is 4.74 Å². The Kier molecular flexibility index (Phi) is 4.46. The van der Waals surface area contributed by atoms with Crippen molar-refractivity contribution in [1.29, 1.82) is 0 Å². The van der Waals surface area contributed by atoms with Gasteiger partial charge >= 0.3 is 5.97 Å². The normalized spacial score (nSPS) is 16.4. The van der Waals surface area contributed by atoms with Gasteiger partial charge in [-0.25, -0.2) is 4.98 Å². The van der Waals surface area contributed by atoms with Gasteiger partial charge in [0.15, 0.2) is 0 Å². The quantitative estimate of drug-likeness (QED) is 0.932. The maximum Gasteiger partial charge on any atom is 0.312 e. The van der Waals surface area contributed by atoms with Gasteiger partial charge in [0.25, 0.3) is 5.91 Å². The summed E-state index contributed by atoms with van der Waals surface area (Å²) in [4.78, 5) is 30.1. The van der Waals surface area contributed by atoms with Crippen LogP contribution in [-0.4, -0.2) is 40.0 Å². The van der Waals surface area contributed by atoms with Crippen molar-refractivity contribution in [1.82, 2.24) is 9.88 Å². The smallest absolute Gasteiger partial charge is 0.312 e. The van der Waals surface area contributed by atoms with E-state index >= 15 is 0 Å². The molecule has 124 valence electrons. The molecule has 0 fully saturated rings. The van der Waals surface area contributed by atoms with Gasteiger partial charge in [-0.1, -0.05) is 24.3 Å². The summed E-state index contributed by atoms with van der Waals surface area (Å²) >= 11 is 0. The molecule has 0 aliphatic carbocycles. The SMILES string of the molecule is CCOc1ncccc1C(=O)N1Cc2ccccc2C(C(=O)O)C1. The number of aromatic nitrogens is 1. The van der Waals surface area contributed by atoms with Gasteiger partial charge in [0.2, 0.25) is 5.88 Å². The molecular formula is C18H18N2O4. The summed E-state index contributed by atoms with van der Waals surface area (Å²) in [7, 11) is 0. The van der Waals surface area contributed by atoms with Crippen molar-refractivity contribution < 1.29 is 19.4 Å². The number of ether oxygens (including phenoxy) is 1. The number of carboxylic acids is 1. The van der Waals surface area contributed by atoms with Crippen molar-refractivity contribution in [3.05, 3.63) is 59.3 Å². The maximum atomic E-state index is 12.9. The molecule has 0 bridgehead atoms. The van der Waals surface area contributed by atoms with Crippen LogP contribution in [-0.2, 0) is 11.3 Å². The zero-order valence-electron chi connectivity index (χ0n) is 13.3. The molecule has 2 heterocycles. The Balaban J connectivity index is 1.94. The lowest BCUT2D eigenvalue weighted by Crippen LogP contribution is -2.40. The molecule has 1 N–H and O–H groups in total. The number of pyridine rings is 1. The molecule has 0 radical (unpaired) electrons. The third-order valence-corrected chi connectivity index (χ3v) is 4.06. The summed E-state index contributed by atoms with van der Waals surface area (Å²) in [6.45, 7) is 2.73. The zero-order valence-corrected chi connectivity index (χ0v) is 13.3. The van der Waals surface area contributed by atoms with Crippen LogP contribution in [0.15, 0.2) is 42.6 Å². The van der Waals surface area contributed by atoms with Crippen LogP contribution in [0.1, 0.15) is 34.3 Å². The Hall–Kier alpha value is -2.89. The predicted molar refractivity (Wildman–Crippen MR) is 87.0 cm³/mol. The second-order valence-electron chi connectivity index (χ2n) is 5.56. The first kappa shape index (κ1) is 16.0. The number of carboxylic acid groups (broad SMARTS) is 1. The highest BCUT2D eigenvalue weighted by Gasteiger charge is 2.33. The maximum absolute atomic E-state index is 12.9. The van der Waals surface area contributed by atoms with Crippen LogP contribution in [0.25, 0.3) is 0 Å². The summed E-state index contributed by atoms with van der Waals surface area (Å²) in [5.41, 5.74) is 1.97. The third kappa shape index (κ3) is 2.95. The minimum absolute atomic E-state index is 0.131. The highest BCUT2D eigenvalue weighted by Crippen LogP contribution is 2.30. The van der Waals surface area contributed by atoms with E-state index in [1.807, 2.05) is 31.2 Å². The van der Waals surface area contributed by atoms with Gasteiger partial charge in [0.1, 0.15) is 5.56 Å². The van der Waals surface area contributed by atoms with Crippen molar-refractivity contribution in [3.63, 3.8) is 0 Å². The highest BCUT2D eigenvalue weighted by atomic mass is 16.5. The first-order chi connectivity index (χ1) is 11.6. The van der Waals surface area contributed by atoms with Gasteiger partial charge in [-0.2, -0.15) is 0 Å². The largest absolute Gasteiger partial charge is 0.481 e. The molecule has 2 aromatic rings. The highest BCUT2D eigenvalue weighted by molar-refractivity contribution is 5.97. The molecule has 1 amide bonds. The van der Waals surface area contributed by atoms with Crippen LogP contribution in [0.5, 0.6) is 5.88 Å². The first-order valence-electron chi connectivity index (χ1n) is 7.79. The van der Waals surface area contributed by atoms with Crippen molar-refractivity contribution in [2.24, 2.45) is 0 Å². The Bertz CT molecular complexity index is 775. The molecule has 1 atom stereocenters. The van der Waals surface area contributed by atoms with Gasteiger partial charge in [-0.3, -0.25) is 9.59 Å². The third-order valence-electron chi connectivity index (χ3n) is 4.06. The van der Waals surface area contributed by atoms with E-state index in [2.05, 4.69) is 4.98 Å². The Morgan fingerprint density at radius 3 is 2.83 bits per heavy atom. The van der Waals surface area contributed by atoms with Gasteiger partial charge in [0.05, 0.1) is 12.5 Å². The topological polar surface area (TPSA) is 79.7 Å². The van der Waals surface area contributed by atoms with Crippen LogP contribution in [0.3, 0.4) is 0 Å². The van der Waals surface area contributed by atoms with Gasteiger partial charge in [-0.05, 0) is 30.2 Å². The number of rotatable bonds is 4. The molecule has 1 aromatic carbocycles. The summed E-state index contributed by atoms with van der Waals surface area (Å²) < 4.78 is 5.42. The molecule has 24 heavy (non-hydrogen) atoms. The first-order valence-corrected chi connectivity index (χ1v) is 7.79. The van der Waals surface area contributed by atoms with Crippen molar-refractivity contribution in [3.8, 4) is 5.88 Å². The van der Waals surface area contributed by atoms with E-state index in [-0.39, 0.29) is 18.3 Å². The van der Waals surface area contributed by atoms with Crippen molar-refractivity contribution in [2.45, 2.75) is 19.4 Å². The molecule has 0 saturated carbocycles. The molecule has 6 heteroatoms. The molecular weight excluding hydrogens is 308 g/mol. The van der Waals surface area contributed by atoms with E-state index in [0.717, 1.165) is 11.1 Å². The predicted octanol–water partition coefficient (Wildman–Crippen LogP) is 2.30. The Morgan fingerprint density at radius 1 is 1.29 bits per heavy atom. The van der Waals surface area contributed by atoms with Crippen LogP contribution in [0, 0.1) is 0 Å². The van der Waals surface area contributed by atoms with E-state index in [0.29, 0.717) is 18.7 Å². The number of hydrogen-bond donors (Lipinski definition) is 1. The van der Waals surface area contributed by atoms with Crippen molar-refractivity contribution >= 4 is 11.9 Å². The van der Waals surface area contributed by atoms with E-state index in [1.54, 1.807) is 23.2 Å². The molecule has 0 spiro atoms. The number of hydrogen-bond acceptors (Lipinski definition) is 4. The lowest BCUT2D eigenvalue weighted by molar-refractivity contribution is -0.139. The summed E-state index contributed by atoms with van der Waals surface area (Å²) in [6, 6.07) is 10.7. The Labute approximate surface area is 139 Å². The summed E-state index contributed by atoms with van der Waals surface area (Å²) in [6.07, 6.45) is 1.56. The van der Waals surface area contributed by atoms with Crippen LogP contribution >= 0.6 is 0 Å². The number of carbonyl (C=O) groups is 2. The van der Waals surface area contributed by atoms with Crippen molar-refractivity contribution in [2.75, 3.05) is 13.2 Å². The van der Waals surface area contributed by atoms with Crippen LogP contribution in [0.2, 0.25) is 0 Å². The lowest BCUT2D eigenvalue weighted by atomic mass is 9.89. The number of aliphatic carboxylic acids is 1. The molecule has 3 rings (SSSR count). The second-order valence-corrected chi connectivity index (χ2v) is 5.56. The fourth-order valence-electron chi connectivity index (χ4n) is 2.95. The second kappa shape index (κ2) is 6.70. The van der Waals surface area contributed by atoms with Gasteiger partial charge in [-0.15, -0.1) is 0 Å². The fraction of sp³-hybridized carbons (Fsp3) is 0.278. The average molecular weight is 326 g/mol. The van der Waals surface area contributed by atoms with Gasteiger partial charge in [0, 0.05) is 19.3 Å². The van der Waals surface area contributed by atoms with E-state index in [4.69, 9.17) is 4.74 Å². The molecule has 1 aliphatic rings. The molecule has 1 aromatic heterocycles. The van der Waals surface area contributed by atoms with E-state index in [1.165, 1.54) is 0 Å². The number of carbonyl (C=O) groups excluding carboxylic acids is 1. The minimum atomic E-state index is -0.934. The molecule has 1 aliphatic heterocycles. The molecule has 1 unspecified atom stereocenters. The monoisotopic (exact) mass is 326 g/mol. The minimum Gasteiger partial charge on any atom is -0.481 e. The van der Waals surface area contributed by atoms with E-state index in [9.17, 15) is 14.7 Å².